The van der Waals surface area contributed by atoms with Gasteiger partial charge in [-0.3, -0.25) is 5.32 Å². The van der Waals surface area contributed by atoms with Crippen LogP contribution in [0, 0.1) is 0 Å². The number of hydrogen-bond acceptors (Lipinski definition) is 3. The normalized spacial score (nSPS) is 18.5. The number of para-hydroxylation sites is 1. The van der Waals surface area contributed by atoms with E-state index in [0.29, 0.717) is 30.6 Å². The molecule has 1 atom stereocenters. The van der Waals surface area contributed by atoms with E-state index in [-0.39, 0.29) is 12.1 Å². The molecule has 122 valence electrons. The molecule has 1 saturated heterocycles. The molecule has 7 heteroatoms. The molecule has 23 heavy (non-hydrogen) atoms. The highest BCUT2D eigenvalue weighted by Gasteiger charge is 2.23. The van der Waals surface area contributed by atoms with E-state index in [1.54, 1.807) is 27.9 Å². The molecule has 1 aliphatic rings. The maximum Gasteiger partial charge on any atom is 0.323 e. The SMILES string of the molecule is CC1COCCCN1C(=O)Nc1ccn(-c2ccccc2Cl)n1. The van der Waals surface area contributed by atoms with Crippen molar-refractivity contribution in [3.8, 4) is 5.69 Å². The molecular formula is C16H19ClN4O2. The lowest BCUT2D eigenvalue weighted by atomic mass is 10.3. The number of carbonyl (C=O) groups excluding carboxylic acids is 1. The monoisotopic (exact) mass is 334 g/mol. The molecule has 1 aromatic heterocycles. The highest BCUT2D eigenvalue weighted by Crippen LogP contribution is 2.20. The lowest BCUT2D eigenvalue weighted by Crippen LogP contribution is -2.42. The zero-order chi connectivity index (χ0) is 16.2. The Morgan fingerprint density at radius 3 is 3.04 bits per heavy atom. The van der Waals surface area contributed by atoms with Gasteiger partial charge in [0.15, 0.2) is 5.82 Å². The van der Waals surface area contributed by atoms with Crippen LogP contribution >= 0.6 is 11.6 Å². The number of carbonyl (C=O) groups is 1. The first-order valence-electron chi connectivity index (χ1n) is 7.61. The molecule has 1 unspecified atom stereocenters. The number of nitrogens with one attached hydrogen (secondary N) is 1. The summed E-state index contributed by atoms with van der Waals surface area (Å²) in [6.45, 7) is 3.90. The van der Waals surface area contributed by atoms with Gasteiger partial charge in [0.05, 0.1) is 23.4 Å². The zero-order valence-corrected chi connectivity index (χ0v) is 13.7. The van der Waals surface area contributed by atoms with Gasteiger partial charge in [-0.15, -0.1) is 5.10 Å². The fraction of sp³-hybridized carbons (Fsp3) is 0.375. The quantitative estimate of drug-likeness (QED) is 0.917. The summed E-state index contributed by atoms with van der Waals surface area (Å²) >= 11 is 6.16. The highest BCUT2D eigenvalue weighted by atomic mass is 35.5. The van der Waals surface area contributed by atoms with E-state index in [4.69, 9.17) is 16.3 Å². The molecule has 1 aromatic carbocycles. The van der Waals surface area contributed by atoms with Crippen molar-refractivity contribution >= 4 is 23.4 Å². The molecule has 0 saturated carbocycles. The van der Waals surface area contributed by atoms with Crippen molar-refractivity contribution in [3.05, 3.63) is 41.6 Å². The van der Waals surface area contributed by atoms with Gasteiger partial charge in [0, 0.05) is 25.4 Å². The first-order chi connectivity index (χ1) is 11.1. The molecule has 2 amide bonds. The highest BCUT2D eigenvalue weighted by molar-refractivity contribution is 6.32. The Labute approximate surface area is 140 Å². The Balaban J connectivity index is 1.71. The van der Waals surface area contributed by atoms with Gasteiger partial charge >= 0.3 is 6.03 Å². The van der Waals surface area contributed by atoms with Gasteiger partial charge in [-0.05, 0) is 25.5 Å². The molecule has 0 aliphatic carbocycles. The smallest absolute Gasteiger partial charge is 0.323 e. The number of urea groups is 1. The molecule has 6 nitrogen and oxygen atoms in total. The van der Waals surface area contributed by atoms with Crippen LogP contribution in [0.4, 0.5) is 10.6 Å². The molecule has 2 aromatic rings. The topological polar surface area (TPSA) is 59.4 Å². The molecule has 1 N–H and O–H groups in total. The van der Waals surface area contributed by atoms with Gasteiger partial charge in [0.1, 0.15) is 0 Å². The van der Waals surface area contributed by atoms with Crippen LogP contribution in [-0.4, -0.2) is 46.5 Å². The van der Waals surface area contributed by atoms with Gasteiger partial charge in [-0.25, -0.2) is 9.48 Å². The van der Waals surface area contributed by atoms with E-state index in [9.17, 15) is 4.79 Å². The molecule has 1 fully saturated rings. The second-order valence-corrected chi connectivity index (χ2v) is 5.91. The van der Waals surface area contributed by atoms with Crippen LogP contribution in [-0.2, 0) is 4.74 Å². The maximum atomic E-state index is 12.4. The first-order valence-corrected chi connectivity index (χ1v) is 7.99. The fourth-order valence-corrected chi connectivity index (χ4v) is 2.77. The molecule has 0 spiro atoms. The second-order valence-electron chi connectivity index (χ2n) is 5.50. The number of halogens is 1. The molecular weight excluding hydrogens is 316 g/mol. The second kappa shape index (κ2) is 7.02. The number of nitrogens with zero attached hydrogens (tertiary/aromatic N) is 3. The number of hydrogen-bond donors (Lipinski definition) is 1. The largest absolute Gasteiger partial charge is 0.379 e. The van der Waals surface area contributed by atoms with E-state index in [1.807, 2.05) is 25.1 Å². The number of benzene rings is 1. The van der Waals surface area contributed by atoms with Crippen LogP contribution in [0.15, 0.2) is 36.5 Å². The maximum absolute atomic E-state index is 12.4. The average Bonchev–Trinajstić information content (AvgIpc) is 2.88. The summed E-state index contributed by atoms with van der Waals surface area (Å²) in [7, 11) is 0. The Bertz CT molecular complexity index is 688. The first kappa shape index (κ1) is 15.8. The van der Waals surface area contributed by atoms with E-state index in [2.05, 4.69) is 10.4 Å². The van der Waals surface area contributed by atoms with Crippen LogP contribution in [0.5, 0.6) is 0 Å². The van der Waals surface area contributed by atoms with Crippen LogP contribution in [0.2, 0.25) is 5.02 Å². The van der Waals surface area contributed by atoms with Gasteiger partial charge in [-0.1, -0.05) is 23.7 Å². The van der Waals surface area contributed by atoms with E-state index >= 15 is 0 Å². The molecule has 1 aliphatic heterocycles. The van der Waals surface area contributed by atoms with Gasteiger partial charge in [-0.2, -0.15) is 0 Å². The summed E-state index contributed by atoms with van der Waals surface area (Å²) in [4.78, 5) is 14.2. The number of anilines is 1. The van der Waals surface area contributed by atoms with Crippen molar-refractivity contribution in [1.29, 1.82) is 0 Å². The van der Waals surface area contributed by atoms with Crippen LogP contribution in [0.1, 0.15) is 13.3 Å². The Kier molecular flexibility index (Phi) is 4.83. The summed E-state index contributed by atoms with van der Waals surface area (Å²) in [5.41, 5.74) is 0.770. The van der Waals surface area contributed by atoms with Crippen molar-refractivity contribution in [2.75, 3.05) is 25.1 Å². The predicted octanol–water partition coefficient (Wildman–Crippen LogP) is 3.17. The Morgan fingerprint density at radius 1 is 1.39 bits per heavy atom. The number of rotatable bonds is 2. The summed E-state index contributed by atoms with van der Waals surface area (Å²) in [6, 6.07) is 9.06. The average molecular weight is 335 g/mol. The summed E-state index contributed by atoms with van der Waals surface area (Å²) in [6.07, 6.45) is 2.61. The van der Waals surface area contributed by atoms with Crippen molar-refractivity contribution in [3.63, 3.8) is 0 Å². The minimum absolute atomic E-state index is 0.0446. The fourth-order valence-electron chi connectivity index (χ4n) is 2.55. The lowest BCUT2D eigenvalue weighted by Gasteiger charge is -2.26. The summed E-state index contributed by atoms with van der Waals surface area (Å²) < 4.78 is 7.10. The summed E-state index contributed by atoms with van der Waals surface area (Å²) in [5, 5.41) is 7.81. The van der Waals surface area contributed by atoms with Crippen molar-refractivity contribution < 1.29 is 9.53 Å². The Hall–Kier alpha value is -2.05. The number of ether oxygens (including phenoxy) is 1. The molecule has 0 bridgehead atoms. The van der Waals surface area contributed by atoms with E-state index < -0.39 is 0 Å². The van der Waals surface area contributed by atoms with Crippen molar-refractivity contribution in [2.24, 2.45) is 0 Å². The van der Waals surface area contributed by atoms with Crippen LogP contribution < -0.4 is 5.32 Å². The van der Waals surface area contributed by atoms with Crippen LogP contribution in [0.3, 0.4) is 0 Å². The molecule has 2 heterocycles. The van der Waals surface area contributed by atoms with E-state index in [0.717, 1.165) is 12.1 Å². The summed E-state index contributed by atoms with van der Waals surface area (Å²) in [5.74, 6) is 0.493. The third-order valence-electron chi connectivity index (χ3n) is 3.76. The molecule has 3 rings (SSSR count). The molecule has 0 radical (unpaired) electrons. The third-order valence-corrected chi connectivity index (χ3v) is 4.08. The lowest BCUT2D eigenvalue weighted by molar-refractivity contribution is 0.116. The van der Waals surface area contributed by atoms with Gasteiger partial charge in [0.2, 0.25) is 0 Å². The predicted molar refractivity (Wildman–Crippen MR) is 89.2 cm³/mol. The Morgan fingerprint density at radius 2 is 2.22 bits per heavy atom. The zero-order valence-electron chi connectivity index (χ0n) is 12.9. The third kappa shape index (κ3) is 3.65. The van der Waals surface area contributed by atoms with Gasteiger partial charge < -0.3 is 9.64 Å². The van der Waals surface area contributed by atoms with Crippen molar-refractivity contribution in [1.82, 2.24) is 14.7 Å². The van der Waals surface area contributed by atoms with Crippen molar-refractivity contribution in [2.45, 2.75) is 19.4 Å². The van der Waals surface area contributed by atoms with E-state index in [1.165, 1.54) is 0 Å². The number of aromatic nitrogens is 2. The number of amides is 2. The minimum atomic E-state index is -0.160. The standard InChI is InChI=1S/C16H19ClN4O2/c1-12-11-23-10-4-8-20(12)16(22)18-15-7-9-21(19-15)14-6-3-2-5-13(14)17/h2-3,5-7,9,12H,4,8,10-11H2,1H3,(H,18,19,22). The van der Waals surface area contributed by atoms with Crippen LogP contribution in [0.25, 0.3) is 5.69 Å². The van der Waals surface area contributed by atoms with Gasteiger partial charge in [0.25, 0.3) is 0 Å². The minimum Gasteiger partial charge on any atom is -0.379 e.